The zero-order valence-electron chi connectivity index (χ0n) is 12.9. The van der Waals surface area contributed by atoms with Gasteiger partial charge in [-0.3, -0.25) is 9.78 Å². The first-order valence-corrected chi connectivity index (χ1v) is 7.22. The number of carbonyl (C=O) groups is 1. The van der Waals surface area contributed by atoms with Crippen molar-refractivity contribution < 1.29 is 9.53 Å². The van der Waals surface area contributed by atoms with Crippen LogP contribution in [0.4, 0.5) is 0 Å². The van der Waals surface area contributed by atoms with E-state index in [4.69, 9.17) is 4.74 Å². The molecule has 21 heavy (non-hydrogen) atoms. The molecule has 2 aromatic rings. The molecular weight excluding hydrogens is 266 g/mol. The SMILES string of the molecule is CC1(C)C[C@@H](NC(=O)c2c[nH]c3cccnc23)C(C)(C)O1. The van der Waals surface area contributed by atoms with E-state index >= 15 is 0 Å². The Bertz CT molecular complexity index is 688. The van der Waals surface area contributed by atoms with Crippen molar-refractivity contribution in [3.05, 3.63) is 30.1 Å². The predicted molar refractivity (Wildman–Crippen MR) is 81.2 cm³/mol. The number of amides is 1. The van der Waals surface area contributed by atoms with Gasteiger partial charge < -0.3 is 15.0 Å². The summed E-state index contributed by atoms with van der Waals surface area (Å²) in [5, 5.41) is 3.10. The topological polar surface area (TPSA) is 67.0 Å². The predicted octanol–water partition coefficient (Wildman–Crippen LogP) is 2.64. The molecule has 3 rings (SSSR count). The Morgan fingerprint density at radius 1 is 1.43 bits per heavy atom. The maximum absolute atomic E-state index is 12.5. The molecule has 0 saturated carbocycles. The molecule has 5 nitrogen and oxygen atoms in total. The Morgan fingerprint density at radius 3 is 2.86 bits per heavy atom. The lowest BCUT2D eigenvalue weighted by Gasteiger charge is -2.27. The Labute approximate surface area is 124 Å². The van der Waals surface area contributed by atoms with Gasteiger partial charge in [-0.25, -0.2) is 0 Å². The van der Waals surface area contributed by atoms with Crippen molar-refractivity contribution >= 4 is 16.9 Å². The first kappa shape index (κ1) is 14.1. The summed E-state index contributed by atoms with van der Waals surface area (Å²) in [5.74, 6) is -0.112. The highest BCUT2D eigenvalue weighted by atomic mass is 16.5. The minimum Gasteiger partial charge on any atom is -0.367 e. The molecule has 0 unspecified atom stereocenters. The summed E-state index contributed by atoms with van der Waals surface area (Å²) in [6.45, 7) is 8.13. The van der Waals surface area contributed by atoms with Gasteiger partial charge in [0.2, 0.25) is 0 Å². The standard InChI is InChI=1S/C16H21N3O2/c1-15(2)8-12(16(3,4)21-15)19-14(20)10-9-18-11-6-5-7-17-13(10)11/h5-7,9,12,18H,8H2,1-4H3,(H,19,20)/t12-/m1/s1. The Morgan fingerprint density at radius 2 is 2.19 bits per heavy atom. The molecule has 3 heterocycles. The Balaban J connectivity index is 1.84. The zero-order valence-corrected chi connectivity index (χ0v) is 12.9. The fraction of sp³-hybridized carbons (Fsp3) is 0.500. The normalized spacial score (nSPS) is 23.3. The summed E-state index contributed by atoms with van der Waals surface area (Å²) >= 11 is 0. The van der Waals surface area contributed by atoms with Gasteiger partial charge in [0.05, 0.1) is 28.3 Å². The first-order valence-electron chi connectivity index (χ1n) is 7.22. The number of fused-ring (bicyclic) bond motifs is 1. The molecule has 1 saturated heterocycles. The molecule has 0 aliphatic carbocycles. The smallest absolute Gasteiger partial charge is 0.255 e. The van der Waals surface area contributed by atoms with E-state index in [-0.39, 0.29) is 23.2 Å². The molecule has 1 atom stereocenters. The van der Waals surface area contributed by atoms with Crippen LogP contribution in [0, 0.1) is 0 Å². The molecule has 2 N–H and O–H groups in total. The van der Waals surface area contributed by atoms with Gasteiger partial charge in [0.15, 0.2) is 0 Å². The van der Waals surface area contributed by atoms with Crippen molar-refractivity contribution in [2.75, 3.05) is 0 Å². The summed E-state index contributed by atoms with van der Waals surface area (Å²) in [6.07, 6.45) is 4.20. The molecular formula is C16H21N3O2. The number of hydrogen-bond acceptors (Lipinski definition) is 3. The molecule has 0 aromatic carbocycles. The maximum Gasteiger partial charge on any atom is 0.255 e. The lowest BCUT2D eigenvalue weighted by molar-refractivity contribution is -0.0693. The molecule has 5 heteroatoms. The van der Waals surface area contributed by atoms with Gasteiger partial charge in [-0.05, 0) is 46.2 Å². The maximum atomic E-state index is 12.5. The van der Waals surface area contributed by atoms with Crippen LogP contribution in [0.15, 0.2) is 24.5 Å². The summed E-state index contributed by atoms with van der Waals surface area (Å²) in [5.41, 5.74) is 1.54. The minimum atomic E-state index is -0.376. The van der Waals surface area contributed by atoms with E-state index in [1.54, 1.807) is 12.4 Å². The van der Waals surface area contributed by atoms with Gasteiger partial charge in [-0.1, -0.05) is 0 Å². The minimum absolute atomic E-state index is 0.0198. The highest BCUT2D eigenvalue weighted by molar-refractivity contribution is 6.05. The highest BCUT2D eigenvalue weighted by Gasteiger charge is 2.46. The van der Waals surface area contributed by atoms with Crippen LogP contribution in [0.25, 0.3) is 11.0 Å². The second-order valence-corrected chi connectivity index (χ2v) is 6.80. The van der Waals surface area contributed by atoms with Crippen LogP contribution < -0.4 is 5.32 Å². The number of pyridine rings is 1. The number of hydrogen-bond donors (Lipinski definition) is 2. The third-order valence-electron chi connectivity index (χ3n) is 4.06. The molecule has 1 aliphatic heterocycles. The van der Waals surface area contributed by atoms with Gasteiger partial charge >= 0.3 is 0 Å². The zero-order chi connectivity index (χ0) is 15.3. The van der Waals surface area contributed by atoms with E-state index in [0.717, 1.165) is 11.9 Å². The molecule has 1 aliphatic rings. The molecule has 1 amide bonds. The third kappa shape index (κ3) is 2.53. The summed E-state index contributed by atoms with van der Waals surface area (Å²) < 4.78 is 6.02. The average Bonchev–Trinajstić information content (AvgIpc) is 2.87. The van der Waals surface area contributed by atoms with Crippen LogP contribution in [0.1, 0.15) is 44.5 Å². The molecule has 2 aromatic heterocycles. The van der Waals surface area contributed by atoms with Gasteiger partial charge in [0.1, 0.15) is 5.52 Å². The van der Waals surface area contributed by atoms with Gasteiger partial charge in [0.25, 0.3) is 5.91 Å². The monoisotopic (exact) mass is 287 g/mol. The van der Waals surface area contributed by atoms with E-state index in [9.17, 15) is 4.79 Å². The molecule has 1 fully saturated rings. The quantitative estimate of drug-likeness (QED) is 0.892. The van der Waals surface area contributed by atoms with Gasteiger partial charge in [0, 0.05) is 12.4 Å². The molecule has 112 valence electrons. The van der Waals surface area contributed by atoms with Crippen LogP contribution in [-0.2, 0) is 4.74 Å². The molecule has 0 bridgehead atoms. The van der Waals surface area contributed by atoms with E-state index in [0.29, 0.717) is 11.1 Å². The summed E-state index contributed by atoms with van der Waals surface area (Å²) in [4.78, 5) is 19.9. The van der Waals surface area contributed by atoms with Crippen LogP contribution in [-0.4, -0.2) is 33.1 Å². The second kappa shape index (κ2) is 4.56. The summed E-state index contributed by atoms with van der Waals surface area (Å²) in [7, 11) is 0. The number of nitrogens with one attached hydrogen (secondary N) is 2. The summed E-state index contributed by atoms with van der Waals surface area (Å²) in [6, 6.07) is 3.73. The lowest BCUT2D eigenvalue weighted by atomic mass is 9.94. The fourth-order valence-electron chi connectivity index (χ4n) is 3.15. The van der Waals surface area contributed by atoms with Crippen LogP contribution in [0.5, 0.6) is 0 Å². The number of nitrogens with zero attached hydrogens (tertiary/aromatic N) is 1. The van der Waals surface area contributed by atoms with Gasteiger partial charge in [-0.2, -0.15) is 0 Å². The van der Waals surface area contributed by atoms with Crippen molar-refractivity contribution in [2.24, 2.45) is 0 Å². The van der Waals surface area contributed by atoms with Crippen LogP contribution >= 0.6 is 0 Å². The first-order chi connectivity index (χ1) is 9.78. The van der Waals surface area contributed by atoms with Crippen molar-refractivity contribution in [3.63, 3.8) is 0 Å². The highest BCUT2D eigenvalue weighted by Crippen LogP contribution is 2.37. The number of rotatable bonds is 2. The number of ether oxygens (including phenoxy) is 1. The van der Waals surface area contributed by atoms with Crippen molar-refractivity contribution in [1.82, 2.24) is 15.3 Å². The number of H-pyrrole nitrogens is 1. The van der Waals surface area contributed by atoms with Crippen LogP contribution in [0.3, 0.4) is 0 Å². The van der Waals surface area contributed by atoms with E-state index in [1.807, 2.05) is 39.8 Å². The van der Waals surface area contributed by atoms with E-state index in [2.05, 4.69) is 15.3 Å². The number of carbonyl (C=O) groups excluding carboxylic acids is 1. The Hall–Kier alpha value is -1.88. The molecule has 0 radical (unpaired) electrons. The van der Waals surface area contributed by atoms with Crippen LogP contribution in [0.2, 0.25) is 0 Å². The second-order valence-electron chi connectivity index (χ2n) is 6.80. The van der Waals surface area contributed by atoms with Crippen molar-refractivity contribution in [1.29, 1.82) is 0 Å². The number of aromatic nitrogens is 2. The Kier molecular flexibility index (Phi) is 3.06. The number of aromatic amines is 1. The average molecular weight is 287 g/mol. The van der Waals surface area contributed by atoms with E-state index < -0.39 is 0 Å². The van der Waals surface area contributed by atoms with E-state index in [1.165, 1.54) is 0 Å². The van der Waals surface area contributed by atoms with Crippen molar-refractivity contribution in [2.45, 2.75) is 51.4 Å². The largest absolute Gasteiger partial charge is 0.367 e. The van der Waals surface area contributed by atoms with Crippen molar-refractivity contribution in [3.8, 4) is 0 Å². The lowest BCUT2D eigenvalue weighted by Crippen LogP contribution is -2.46. The third-order valence-corrected chi connectivity index (χ3v) is 4.06. The van der Waals surface area contributed by atoms with Gasteiger partial charge in [-0.15, -0.1) is 0 Å². The fourth-order valence-corrected chi connectivity index (χ4v) is 3.15. The molecule has 0 spiro atoms.